The van der Waals surface area contributed by atoms with E-state index in [4.69, 9.17) is 14.5 Å². The quantitative estimate of drug-likeness (QED) is 0.207. The molecule has 3 heterocycles. The number of imidazole rings is 1. The molecular weight excluding hydrogens is 397 g/mol. The van der Waals surface area contributed by atoms with Crippen LogP contribution < -0.4 is 70.4 Å². The van der Waals surface area contributed by atoms with E-state index < -0.39 is 50.2 Å². The number of hydrogen-bond acceptors (Lipinski definition) is 8. The first kappa shape index (κ1) is 24.2. The summed E-state index contributed by atoms with van der Waals surface area (Å²) in [7, 11) is -4.78. The summed E-state index contributed by atoms with van der Waals surface area (Å²) in [6.07, 6.45) is -4.43. The maximum absolute atomic E-state index is 11.6. The van der Waals surface area contributed by atoms with Gasteiger partial charge in [0.05, 0.1) is 12.9 Å². The fourth-order valence-corrected chi connectivity index (χ4v) is 2.75. The zero-order valence-electron chi connectivity index (χ0n) is 15.8. The summed E-state index contributed by atoms with van der Waals surface area (Å²) in [5, 5.41) is 20.0. The third-order valence-electron chi connectivity index (χ3n) is 3.49. The summed E-state index contributed by atoms with van der Waals surface area (Å²) in [6.45, 7) is -0.678. The van der Waals surface area contributed by atoms with Crippen LogP contribution in [0.25, 0.3) is 11.2 Å². The predicted octanol–water partition coefficient (Wildman–Crippen LogP) is -8.63. The van der Waals surface area contributed by atoms with Crippen molar-refractivity contribution < 1.29 is 95.8 Å². The molecule has 4 atom stereocenters. The average molecular weight is 412 g/mol. The molecule has 0 unspecified atom stereocenters. The topological polar surface area (TPSA) is 200 Å². The molecule has 1 aliphatic heterocycles. The van der Waals surface area contributed by atoms with Gasteiger partial charge in [-0.25, -0.2) is 14.3 Å². The van der Waals surface area contributed by atoms with Gasteiger partial charge in [0.1, 0.15) is 24.0 Å². The van der Waals surface area contributed by atoms with Crippen LogP contribution in [0.2, 0.25) is 0 Å². The molecule has 26 heavy (non-hydrogen) atoms. The number of nitrogens with zero attached hydrogens (tertiary/aromatic N) is 2. The molecule has 0 bridgehead atoms. The van der Waals surface area contributed by atoms with Gasteiger partial charge in [-0.3, -0.25) is 23.9 Å². The van der Waals surface area contributed by atoms with Crippen LogP contribution in [0, 0.1) is 0 Å². The van der Waals surface area contributed by atoms with Crippen molar-refractivity contribution in [2.45, 2.75) is 24.5 Å². The molecule has 0 amide bonds. The van der Waals surface area contributed by atoms with Crippen LogP contribution in [-0.2, 0) is 13.8 Å². The number of aromatic nitrogens is 4. The normalized spacial score (nSPS) is 25.7. The second-order valence-electron chi connectivity index (χ2n) is 5.09. The Morgan fingerprint density at radius 3 is 2.54 bits per heavy atom. The van der Waals surface area contributed by atoms with E-state index >= 15 is 0 Å². The van der Waals surface area contributed by atoms with Crippen molar-refractivity contribution in [3.05, 3.63) is 27.2 Å². The zero-order valence-corrected chi connectivity index (χ0v) is 18.7. The molecule has 1 aliphatic rings. The molecule has 16 heteroatoms. The van der Waals surface area contributed by atoms with Crippen molar-refractivity contribution in [2.75, 3.05) is 6.61 Å². The van der Waals surface area contributed by atoms with E-state index in [1.807, 2.05) is 4.98 Å². The summed E-state index contributed by atoms with van der Waals surface area (Å²) < 4.78 is 21.4. The van der Waals surface area contributed by atoms with Gasteiger partial charge in [0.2, 0.25) is 0 Å². The van der Waals surface area contributed by atoms with Gasteiger partial charge >= 0.3 is 72.6 Å². The number of aliphatic hydroxyl groups excluding tert-OH is 2. The molecule has 136 valence electrons. The fraction of sp³-hybridized carbons (Fsp3) is 0.500. The number of phosphoric acid groups is 1. The Kier molecular flexibility index (Phi) is 8.46. The fourth-order valence-electron chi connectivity index (χ4n) is 2.41. The first-order valence-electron chi connectivity index (χ1n) is 6.58. The van der Waals surface area contributed by atoms with E-state index in [0.29, 0.717) is 0 Å². The molecule has 6 N–H and O–H groups in total. The average Bonchev–Trinajstić information content (AvgIpc) is 3.00. The van der Waals surface area contributed by atoms with E-state index in [9.17, 15) is 24.4 Å². The van der Waals surface area contributed by atoms with Gasteiger partial charge in [-0.05, 0) is 0 Å². The minimum absolute atomic E-state index is 0. The zero-order chi connectivity index (χ0) is 17.6. The van der Waals surface area contributed by atoms with Crippen LogP contribution in [0.3, 0.4) is 0 Å². The van der Waals surface area contributed by atoms with E-state index in [1.165, 1.54) is 0 Å². The van der Waals surface area contributed by atoms with Crippen LogP contribution in [0.4, 0.5) is 0 Å². The molecule has 0 aliphatic carbocycles. The van der Waals surface area contributed by atoms with Crippen molar-refractivity contribution in [3.63, 3.8) is 0 Å². The molecule has 1 saturated heterocycles. The summed E-state index contributed by atoms with van der Waals surface area (Å²) in [5.74, 6) is 0. The Balaban J connectivity index is 0. The first-order chi connectivity index (χ1) is 11.2. The maximum Gasteiger partial charge on any atom is 1.00 e. The smallest absolute Gasteiger partial charge is 1.00 e. The molecule has 2 aromatic heterocycles. The van der Waals surface area contributed by atoms with E-state index in [0.717, 1.165) is 10.9 Å². The number of aliphatic hydroxyl groups is 2. The van der Waals surface area contributed by atoms with Crippen molar-refractivity contribution in [1.82, 2.24) is 19.5 Å². The molecule has 1 fully saturated rings. The van der Waals surface area contributed by atoms with Crippen LogP contribution in [0.5, 0.6) is 0 Å². The van der Waals surface area contributed by atoms with Crippen LogP contribution in [0.15, 0.2) is 15.9 Å². The standard InChI is InChI=1S/C10H13N4O9P.2Na.2H/c15-5-3(1-22-24(19,20)21)23-9(6(5)16)14-2-11-4-7(14)12-10(18)13-8(4)17;;;;/h2-3,5-6,9,15-16H,1H2,(H2,19,20,21)(H2,12,13,17,18);;;;/q;2*+1;2*-1/t3-,5-,6-,9-;;;;/m0..../s1. The van der Waals surface area contributed by atoms with Crippen LogP contribution in [0.1, 0.15) is 9.08 Å². The summed E-state index contributed by atoms with van der Waals surface area (Å²) >= 11 is 0. The third kappa shape index (κ3) is 4.94. The molecule has 0 spiro atoms. The van der Waals surface area contributed by atoms with Gasteiger partial charge in [-0.15, -0.1) is 0 Å². The summed E-state index contributed by atoms with van der Waals surface area (Å²) in [5.41, 5.74) is -1.71. The molecule has 0 saturated carbocycles. The van der Waals surface area contributed by atoms with E-state index in [-0.39, 0.29) is 73.1 Å². The Labute approximate surface area is 191 Å². The largest absolute Gasteiger partial charge is 1.00 e. The maximum atomic E-state index is 11.6. The van der Waals surface area contributed by atoms with Gasteiger partial charge in [-0.1, -0.05) is 0 Å². The minimum atomic E-state index is -4.78. The van der Waals surface area contributed by atoms with E-state index in [2.05, 4.69) is 14.5 Å². The number of ether oxygens (including phenoxy) is 1. The van der Waals surface area contributed by atoms with Crippen molar-refractivity contribution in [2.24, 2.45) is 0 Å². The number of H-pyrrole nitrogens is 2. The number of rotatable bonds is 4. The molecular formula is C10H15N4Na2O9P. The Hall–Kier alpha value is 0.140. The van der Waals surface area contributed by atoms with Crippen molar-refractivity contribution in [3.8, 4) is 0 Å². The van der Waals surface area contributed by atoms with Crippen LogP contribution >= 0.6 is 7.82 Å². The third-order valence-corrected chi connectivity index (χ3v) is 3.97. The number of phosphoric ester groups is 1. The molecule has 2 aromatic rings. The van der Waals surface area contributed by atoms with Gasteiger partial charge < -0.3 is 27.6 Å². The van der Waals surface area contributed by atoms with Crippen molar-refractivity contribution >= 4 is 19.0 Å². The van der Waals surface area contributed by atoms with E-state index in [1.54, 1.807) is 0 Å². The van der Waals surface area contributed by atoms with Gasteiger partial charge in [0, 0.05) is 0 Å². The SMILES string of the molecule is O=c1[nH]c(=O)c2ncn([C@H]3O[C@@H](COP(=O)(O)O)[C@H](O)[C@@H]3O)c2[nH]1.[H-].[H-].[Na+].[Na+]. The Morgan fingerprint density at radius 2 is 1.92 bits per heavy atom. The first-order valence-corrected chi connectivity index (χ1v) is 8.11. The monoisotopic (exact) mass is 412 g/mol. The molecule has 0 aromatic carbocycles. The Morgan fingerprint density at radius 1 is 1.27 bits per heavy atom. The van der Waals surface area contributed by atoms with Gasteiger partial charge in [-0.2, -0.15) is 0 Å². The number of fused-ring (bicyclic) bond motifs is 1. The minimum Gasteiger partial charge on any atom is -1.00 e. The molecule has 0 radical (unpaired) electrons. The summed E-state index contributed by atoms with van der Waals surface area (Å²) in [6, 6.07) is 0. The number of aromatic amines is 2. The number of hydrogen-bond donors (Lipinski definition) is 6. The van der Waals surface area contributed by atoms with Crippen molar-refractivity contribution in [1.29, 1.82) is 0 Å². The van der Waals surface area contributed by atoms with Crippen LogP contribution in [-0.4, -0.2) is 64.4 Å². The van der Waals surface area contributed by atoms with Gasteiger partial charge in [0.15, 0.2) is 11.7 Å². The predicted molar refractivity (Wildman–Crippen MR) is 77.1 cm³/mol. The van der Waals surface area contributed by atoms with Gasteiger partial charge in [0.25, 0.3) is 5.56 Å². The Bertz CT molecular complexity index is 933. The summed E-state index contributed by atoms with van der Waals surface area (Å²) in [4.78, 5) is 48.5. The second-order valence-corrected chi connectivity index (χ2v) is 6.33. The second kappa shape index (κ2) is 9.09. The molecule has 13 nitrogen and oxygen atoms in total. The number of nitrogens with one attached hydrogen (secondary N) is 2. The molecule has 3 rings (SSSR count).